The van der Waals surface area contributed by atoms with Crippen molar-refractivity contribution in [2.45, 2.75) is 37.8 Å². The third-order valence-electron chi connectivity index (χ3n) is 7.72. The maximum absolute atomic E-state index is 4.70. The average molecular weight is 495 g/mol. The van der Waals surface area contributed by atoms with Crippen LogP contribution in [0.5, 0.6) is 0 Å². The van der Waals surface area contributed by atoms with E-state index in [0.717, 1.165) is 42.5 Å². The molecule has 5 heterocycles. The number of fused-ring (bicyclic) bond motifs is 1. The Kier molecular flexibility index (Phi) is 5.49. The summed E-state index contributed by atoms with van der Waals surface area (Å²) in [5, 5.41) is 6.01. The van der Waals surface area contributed by atoms with E-state index in [1.54, 1.807) is 0 Å². The van der Waals surface area contributed by atoms with Gasteiger partial charge >= 0.3 is 0 Å². The van der Waals surface area contributed by atoms with E-state index in [0.29, 0.717) is 12.1 Å². The minimum Gasteiger partial charge on any atom is -0.341 e. The molecule has 7 rings (SSSR count). The van der Waals surface area contributed by atoms with Crippen LogP contribution in [-0.4, -0.2) is 45.0 Å². The SMILES string of the molecule is CN1CCCC1c1ncc(-c2ccc3cc(-c4ccc(-c5cnc(C6CCCN6)[nH]5)s4)ccc3c2)[nH]1. The lowest BCUT2D eigenvalue weighted by molar-refractivity contribution is 0.307. The number of aromatic amines is 2. The van der Waals surface area contributed by atoms with Crippen LogP contribution in [0.15, 0.2) is 60.9 Å². The third kappa shape index (κ3) is 3.97. The van der Waals surface area contributed by atoms with Gasteiger partial charge in [-0.2, -0.15) is 0 Å². The van der Waals surface area contributed by atoms with Crippen LogP contribution in [0.3, 0.4) is 0 Å². The Balaban J connectivity index is 1.13. The second-order valence-corrected chi connectivity index (χ2v) is 11.2. The summed E-state index contributed by atoms with van der Waals surface area (Å²) in [5.41, 5.74) is 4.62. The number of hydrogen-bond acceptors (Lipinski definition) is 5. The van der Waals surface area contributed by atoms with Gasteiger partial charge in [-0.05, 0) is 86.4 Å². The smallest absolute Gasteiger partial charge is 0.123 e. The van der Waals surface area contributed by atoms with Crippen LogP contribution in [0.25, 0.3) is 43.0 Å². The number of imidazole rings is 2. The summed E-state index contributed by atoms with van der Waals surface area (Å²) in [6.07, 6.45) is 8.73. The molecule has 0 aliphatic carbocycles. The van der Waals surface area contributed by atoms with Gasteiger partial charge in [-0.15, -0.1) is 11.3 Å². The molecular weight excluding hydrogens is 464 g/mol. The van der Waals surface area contributed by atoms with Gasteiger partial charge in [0.05, 0.1) is 40.7 Å². The molecule has 2 atom stereocenters. The maximum Gasteiger partial charge on any atom is 0.123 e. The quantitative estimate of drug-likeness (QED) is 0.259. The van der Waals surface area contributed by atoms with E-state index in [4.69, 9.17) is 4.98 Å². The molecule has 2 unspecified atom stereocenters. The number of thiophene rings is 1. The molecular formula is C29H30N6S. The van der Waals surface area contributed by atoms with Crippen LogP contribution < -0.4 is 5.32 Å². The van der Waals surface area contributed by atoms with Crippen LogP contribution in [0, 0.1) is 0 Å². The minimum absolute atomic E-state index is 0.362. The Hall–Kier alpha value is -3.26. The first-order chi connectivity index (χ1) is 17.7. The fraction of sp³-hybridized carbons (Fsp3) is 0.310. The van der Waals surface area contributed by atoms with E-state index in [9.17, 15) is 0 Å². The van der Waals surface area contributed by atoms with Gasteiger partial charge in [0.25, 0.3) is 0 Å². The molecule has 0 bridgehead atoms. The van der Waals surface area contributed by atoms with Crippen molar-refractivity contribution in [3.8, 4) is 32.3 Å². The Morgan fingerprint density at radius 1 is 0.806 bits per heavy atom. The molecule has 2 fully saturated rings. The summed E-state index contributed by atoms with van der Waals surface area (Å²) in [6.45, 7) is 2.22. The highest BCUT2D eigenvalue weighted by Crippen LogP contribution is 2.36. The number of hydrogen-bond donors (Lipinski definition) is 3. The standard InChI is InChI=1S/C29H30N6S/c1-35-13-3-5-25(35)29-32-16-23(33-29)20-8-6-19-15-21(9-7-18(19)14-20)26-10-11-27(36-26)24-17-31-28(34-24)22-4-2-12-30-22/h6-11,14-17,22,25,30H,2-5,12-13H2,1H3,(H,31,34)(H,32,33). The molecule has 36 heavy (non-hydrogen) atoms. The normalized spacial score (nSPS) is 20.6. The highest BCUT2D eigenvalue weighted by atomic mass is 32.1. The largest absolute Gasteiger partial charge is 0.341 e. The maximum atomic E-state index is 4.70. The predicted molar refractivity (Wildman–Crippen MR) is 147 cm³/mol. The molecule has 0 spiro atoms. The number of aromatic nitrogens is 4. The van der Waals surface area contributed by atoms with E-state index in [-0.39, 0.29) is 0 Å². The molecule has 3 aromatic heterocycles. The number of rotatable bonds is 5. The van der Waals surface area contributed by atoms with Crippen molar-refractivity contribution in [2.24, 2.45) is 0 Å². The van der Waals surface area contributed by atoms with Crippen molar-refractivity contribution < 1.29 is 0 Å². The highest BCUT2D eigenvalue weighted by molar-refractivity contribution is 7.18. The first kappa shape index (κ1) is 22.0. The number of nitrogens with one attached hydrogen (secondary N) is 3. The number of benzene rings is 2. The molecule has 5 aromatic rings. The number of H-pyrrole nitrogens is 2. The zero-order valence-electron chi connectivity index (χ0n) is 20.4. The third-order valence-corrected chi connectivity index (χ3v) is 8.89. The molecule has 2 aliphatic heterocycles. The van der Waals surface area contributed by atoms with Crippen molar-refractivity contribution >= 4 is 22.1 Å². The summed E-state index contributed by atoms with van der Waals surface area (Å²) < 4.78 is 0. The van der Waals surface area contributed by atoms with Crippen LogP contribution in [0.2, 0.25) is 0 Å². The topological polar surface area (TPSA) is 72.6 Å². The Labute approximate surface area is 214 Å². The summed E-state index contributed by atoms with van der Waals surface area (Å²) >= 11 is 1.81. The molecule has 2 saturated heterocycles. The summed E-state index contributed by atoms with van der Waals surface area (Å²) in [4.78, 5) is 21.3. The Bertz CT molecular complexity index is 1520. The van der Waals surface area contributed by atoms with Crippen LogP contribution in [0.1, 0.15) is 49.4 Å². The fourth-order valence-electron chi connectivity index (χ4n) is 5.67. The first-order valence-corrected chi connectivity index (χ1v) is 13.7. The van der Waals surface area contributed by atoms with E-state index in [1.807, 2.05) is 23.7 Å². The second kappa shape index (κ2) is 9.00. The lowest BCUT2D eigenvalue weighted by Crippen LogP contribution is -2.18. The van der Waals surface area contributed by atoms with Gasteiger partial charge in [-0.25, -0.2) is 9.97 Å². The molecule has 0 amide bonds. The van der Waals surface area contributed by atoms with Crippen LogP contribution >= 0.6 is 11.3 Å². The minimum atomic E-state index is 0.362. The van der Waals surface area contributed by atoms with Crippen LogP contribution in [0.4, 0.5) is 0 Å². The first-order valence-electron chi connectivity index (χ1n) is 12.9. The van der Waals surface area contributed by atoms with Crippen molar-refractivity contribution in [3.63, 3.8) is 0 Å². The summed E-state index contributed by atoms with van der Waals surface area (Å²) in [6, 6.07) is 18.6. The molecule has 2 aliphatic rings. The van der Waals surface area contributed by atoms with E-state index in [2.05, 4.69) is 80.7 Å². The number of likely N-dealkylation sites (tertiary alicyclic amines) is 1. The fourth-order valence-corrected chi connectivity index (χ4v) is 6.64. The van der Waals surface area contributed by atoms with E-state index in [1.165, 1.54) is 50.9 Å². The van der Waals surface area contributed by atoms with Crippen molar-refractivity contribution in [3.05, 3.63) is 72.6 Å². The van der Waals surface area contributed by atoms with Gasteiger partial charge in [-0.1, -0.05) is 24.3 Å². The van der Waals surface area contributed by atoms with Gasteiger partial charge in [0, 0.05) is 10.4 Å². The van der Waals surface area contributed by atoms with E-state index >= 15 is 0 Å². The van der Waals surface area contributed by atoms with Crippen molar-refractivity contribution in [1.82, 2.24) is 30.2 Å². The lowest BCUT2D eigenvalue weighted by atomic mass is 10.0. The highest BCUT2D eigenvalue weighted by Gasteiger charge is 2.25. The lowest BCUT2D eigenvalue weighted by Gasteiger charge is -2.16. The molecule has 2 aromatic carbocycles. The second-order valence-electron chi connectivity index (χ2n) is 10.1. The predicted octanol–water partition coefficient (Wildman–Crippen LogP) is 6.54. The Morgan fingerprint density at radius 2 is 1.56 bits per heavy atom. The molecule has 7 heteroatoms. The molecule has 3 N–H and O–H groups in total. The van der Waals surface area contributed by atoms with Crippen LogP contribution in [-0.2, 0) is 0 Å². The molecule has 6 nitrogen and oxygen atoms in total. The van der Waals surface area contributed by atoms with Gasteiger partial charge in [0.2, 0.25) is 0 Å². The van der Waals surface area contributed by atoms with Crippen molar-refractivity contribution in [1.29, 1.82) is 0 Å². The molecule has 0 radical (unpaired) electrons. The monoisotopic (exact) mass is 494 g/mol. The van der Waals surface area contributed by atoms with Gasteiger partial charge < -0.3 is 15.3 Å². The summed E-state index contributed by atoms with van der Waals surface area (Å²) in [7, 11) is 2.18. The van der Waals surface area contributed by atoms with E-state index < -0.39 is 0 Å². The van der Waals surface area contributed by atoms with Gasteiger partial charge in [0.15, 0.2) is 0 Å². The molecule has 182 valence electrons. The zero-order chi connectivity index (χ0) is 24.1. The van der Waals surface area contributed by atoms with Gasteiger partial charge in [0.1, 0.15) is 11.6 Å². The average Bonchev–Trinajstić information content (AvgIpc) is 3.73. The Morgan fingerprint density at radius 3 is 2.36 bits per heavy atom. The molecule has 0 saturated carbocycles. The number of nitrogens with zero attached hydrogens (tertiary/aromatic N) is 3. The van der Waals surface area contributed by atoms with Gasteiger partial charge in [-0.3, -0.25) is 4.90 Å². The van der Waals surface area contributed by atoms with Crippen molar-refractivity contribution in [2.75, 3.05) is 20.1 Å². The zero-order valence-corrected chi connectivity index (χ0v) is 21.2. The summed E-state index contributed by atoms with van der Waals surface area (Å²) in [5.74, 6) is 2.14.